The molecule has 88 valence electrons. The van der Waals surface area contributed by atoms with Crippen molar-refractivity contribution in [1.29, 1.82) is 0 Å². The van der Waals surface area contributed by atoms with Gasteiger partial charge in [-0.3, -0.25) is 0 Å². The molecule has 0 saturated heterocycles. The van der Waals surface area contributed by atoms with E-state index in [0.717, 1.165) is 5.57 Å². The summed E-state index contributed by atoms with van der Waals surface area (Å²) in [6.07, 6.45) is 11.3. The molecule has 0 bridgehead atoms. The first-order valence-electron chi connectivity index (χ1n) is 5.07. The summed E-state index contributed by atoms with van der Waals surface area (Å²) in [5, 5.41) is 2.93. The van der Waals surface area contributed by atoms with Crippen LogP contribution >= 0.6 is 0 Å². The SMILES string of the molecule is C=C\C=C/C=C(N)\N=C/C/C(=C/NC)CN. The topological polar surface area (TPSA) is 76.4 Å². The van der Waals surface area contributed by atoms with Gasteiger partial charge in [0.2, 0.25) is 0 Å². The lowest BCUT2D eigenvalue weighted by molar-refractivity contribution is 1.01. The van der Waals surface area contributed by atoms with Crippen molar-refractivity contribution in [2.75, 3.05) is 13.6 Å². The van der Waals surface area contributed by atoms with Crippen LogP contribution in [0.15, 0.2) is 53.5 Å². The van der Waals surface area contributed by atoms with E-state index in [4.69, 9.17) is 11.5 Å². The van der Waals surface area contributed by atoms with Crippen molar-refractivity contribution >= 4 is 6.21 Å². The fourth-order valence-electron chi connectivity index (χ4n) is 0.949. The molecule has 5 N–H and O–H groups in total. The molecule has 0 amide bonds. The Morgan fingerprint density at radius 3 is 2.75 bits per heavy atom. The first-order valence-corrected chi connectivity index (χ1v) is 5.07. The molecular formula is C12H20N4. The molecule has 4 nitrogen and oxygen atoms in total. The molecule has 0 aliphatic heterocycles. The lowest BCUT2D eigenvalue weighted by Crippen LogP contribution is -2.07. The highest BCUT2D eigenvalue weighted by Crippen LogP contribution is 1.95. The van der Waals surface area contributed by atoms with Crippen LogP contribution < -0.4 is 16.8 Å². The van der Waals surface area contributed by atoms with Gasteiger partial charge < -0.3 is 16.8 Å². The van der Waals surface area contributed by atoms with Gasteiger partial charge in [-0.15, -0.1) is 0 Å². The molecule has 4 heteroatoms. The molecule has 0 aromatic rings. The standard InChI is InChI=1S/C12H20N4/c1-3-4-5-6-12(14)16-8-7-11(9-13)10-15-2/h3-6,8,10,15H,1,7,9,13-14H2,2H3/b5-4-,11-10-,12-6-,16-8-. The summed E-state index contributed by atoms with van der Waals surface area (Å²) in [5.74, 6) is 0.457. The van der Waals surface area contributed by atoms with E-state index in [0.29, 0.717) is 18.8 Å². The summed E-state index contributed by atoms with van der Waals surface area (Å²) in [6.45, 7) is 4.06. The second kappa shape index (κ2) is 9.73. The monoisotopic (exact) mass is 220 g/mol. The van der Waals surface area contributed by atoms with Gasteiger partial charge in [-0.05, 0) is 17.8 Å². The average Bonchev–Trinajstić information content (AvgIpc) is 2.28. The van der Waals surface area contributed by atoms with E-state index >= 15 is 0 Å². The number of rotatable bonds is 7. The van der Waals surface area contributed by atoms with Crippen molar-refractivity contribution < 1.29 is 0 Å². The van der Waals surface area contributed by atoms with Crippen molar-refractivity contribution in [3.63, 3.8) is 0 Å². The fourth-order valence-corrected chi connectivity index (χ4v) is 0.949. The van der Waals surface area contributed by atoms with Gasteiger partial charge in [0.15, 0.2) is 0 Å². The number of nitrogens with zero attached hydrogens (tertiary/aromatic N) is 1. The second-order valence-electron chi connectivity index (χ2n) is 3.02. The van der Waals surface area contributed by atoms with E-state index in [-0.39, 0.29) is 0 Å². The van der Waals surface area contributed by atoms with E-state index in [1.54, 1.807) is 30.5 Å². The first kappa shape index (κ1) is 14.2. The Kier molecular flexibility index (Phi) is 8.63. The van der Waals surface area contributed by atoms with Crippen LogP contribution in [0.5, 0.6) is 0 Å². The predicted octanol–water partition coefficient (Wildman–Crippen LogP) is 1.05. The third-order valence-electron chi connectivity index (χ3n) is 1.72. The molecule has 0 fully saturated rings. The summed E-state index contributed by atoms with van der Waals surface area (Å²) >= 11 is 0. The number of hydrogen-bond acceptors (Lipinski definition) is 4. The maximum absolute atomic E-state index is 5.63. The number of aliphatic imine (C=N–C) groups is 1. The molecule has 0 aromatic carbocycles. The first-order chi connectivity index (χ1) is 7.74. The van der Waals surface area contributed by atoms with Gasteiger partial charge in [0.05, 0.1) is 0 Å². The van der Waals surface area contributed by atoms with Gasteiger partial charge in [0.25, 0.3) is 0 Å². The number of nitrogens with two attached hydrogens (primary N) is 2. The smallest absolute Gasteiger partial charge is 0.122 e. The third-order valence-corrected chi connectivity index (χ3v) is 1.72. The predicted molar refractivity (Wildman–Crippen MR) is 70.9 cm³/mol. The third kappa shape index (κ3) is 7.58. The Labute approximate surface area is 97.1 Å². The molecule has 0 aliphatic rings. The van der Waals surface area contributed by atoms with Crippen molar-refractivity contribution in [3.05, 3.63) is 48.5 Å². The molecule has 16 heavy (non-hydrogen) atoms. The Hall–Kier alpha value is -1.81. The summed E-state index contributed by atoms with van der Waals surface area (Å²) in [7, 11) is 1.83. The van der Waals surface area contributed by atoms with Crippen molar-refractivity contribution in [3.8, 4) is 0 Å². The van der Waals surface area contributed by atoms with Crippen LogP contribution in [0.1, 0.15) is 6.42 Å². The normalized spacial score (nSPS) is 13.6. The fraction of sp³-hybridized carbons (Fsp3) is 0.250. The van der Waals surface area contributed by atoms with E-state index in [1.807, 2.05) is 13.2 Å². The highest BCUT2D eigenvalue weighted by atomic mass is 14.9. The van der Waals surface area contributed by atoms with Crippen molar-refractivity contribution in [1.82, 2.24) is 5.32 Å². The maximum atomic E-state index is 5.63. The molecule has 0 heterocycles. The average molecular weight is 220 g/mol. The Morgan fingerprint density at radius 1 is 1.44 bits per heavy atom. The van der Waals surface area contributed by atoms with Gasteiger partial charge in [0.1, 0.15) is 5.82 Å². The number of allylic oxidation sites excluding steroid dienone is 4. The van der Waals surface area contributed by atoms with Crippen LogP contribution in [-0.2, 0) is 0 Å². The molecule has 0 spiro atoms. The zero-order chi connectivity index (χ0) is 12.2. The molecule has 0 aromatic heterocycles. The van der Waals surface area contributed by atoms with E-state index in [1.165, 1.54) is 0 Å². The van der Waals surface area contributed by atoms with Crippen LogP contribution in [0, 0.1) is 0 Å². The lowest BCUT2D eigenvalue weighted by Gasteiger charge is -1.99. The van der Waals surface area contributed by atoms with Crippen molar-refractivity contribution in [2.24, 2.45) is 16.5 Å². The highest BCUT2D eigenvalue weighted by molar-refractivity contribution is 5.62. The summed E-state index contributed by atoms with van der Waals surface area (Å²) in [4.78, 5) is 4.07. The van der Waals surface area contributed by atoms with Gasteiger partial charge >= 0.3 is 0 Å². The largest absolute Gasteiger partial charge is 0.394 e. The molecule has 0 unspecified atom stereocenters. The summed E-state index contributed by atoms with van der Waals surface area (Å²) in [6, 6.07) is 0. The van der Waals surface area contributed by atoms with Crippen LogP contribution in [0.3, 0.4) is 0 Å². The van der Waals surface area contributed by atoms with Gasteiger partial charge in [-0.25, -0.2) is 4.99 Å². The minimum atomic E-state index is 0.457. The molecule has 0 rings (SSSR count). The molecular weight excluding hydrogens is 200 g/mol. The minimum absolute atomic E-state index is 0.457. The summed E-state index contributed by atoms with van der Waals surface area (Å²) in [5.41, 5.74) is 12.2. The maximum Gasteiger partial charge on any atom is 0.122 e. The zero-order valence-electron chi connectivity index (χ0n) is 9.69. The number of hydrogen-bond donors (Lipinski definition) is 3. The van der Waals surface area contributed by atoms with Crippen LogP contribution in [0.25, 0.3) is 0 Å². The molecule has 0 atom stereocenters. The Bertz CT molecular complexity index is 311. The summed E-state index contributed by atoms with van der Waals surface area (Å²) < 4.78 is 0. The second-order valence-corrected chi connectivity index (χ2v) is 3.02. The van der Waals surface area contributed by atoms with Gasteiger partial charge in [-0.1, -0.05) is 24.8 Å². The van der Waals surface area contributed by atoms with Crippen LogP contribution in [0.2, 0.25) is 0 Å². The van der Waals surface area contributed by atoms with Gasteiger partial charge in [-0.2, -0.15) is 0 Å². The Balaban J connectivity index is 4.18. The molecule has 0 aliphatic carbocycles. The van der Waals surface area contributed by atoms with Gasteiger partial charge in [0, 0.05) is 26.2 Å². The molecule has 0 radical (unpaired) electrons. The van der Waals surface area contributed by atoms with Crippen LogP contribution in [-0.4, -0.2) is 19.8 Å². The molecule has 0 saturated carbocycles. The quantitative estimate of drug-likeness (QED) is 0.443. The zero-order valence-corrected chi connectivity index (χ0v) is 9.69. The Morgan fingerprint density at radius 2 is 2.19 bits per heavy atom. The highest BCUT2D eigenvalue weighted by Gasteiger charge is 1.90. The van der Waals surface area contributed by atoms with Crippen molar-refractivity contribution in [2.45, 2.75) is 6.42 Å². The van der Waals surface area contributed by atoms with E-state index in [9.17, 15) is 0 Å². The lowest BCUT2D eigenvalue weighted by atomic mass is 10.2. The van der Waals surface area contributed by atoms with E-state index in [2.05, 4.69) is 16.9 Å². The van der Waals surface area contributed by atoms with Crippen LogP contribution in [0.4, 0.5) is 0 Å². The van der Waals surface area contributed by atoms with E-state index < -0.39 is 0 Å². The number of nitrogens with one attached hydrogen (secondary N) is 1. The minimum Gasteiger partial charge on any atom is -0.394 e.